The minimum Gasteiger partial charge on any atom is -0.298 e. The maximum Gasteiger partial charge on any atom is 0.150 e. The molecular formula is C21H14O. The van der Waals surface area contributed by atoms with Gasteiger partial charge in [0.2, 0.25) is 0 Å². The Balaban J connectivity index is 2.00. The van der Waals surface area contributed by atoms with E-state index in [1.165, 1.54) is 27.1 Å². The molecule has 0 N–H and O–H groups in total. The van der Waals surface area contributed by atoms with Crippen LogP contribution in [0.2, 0.25) is 0 Å². The quantitative estimate of drug-likeness (QED) is 0.352. The lowest BCUT2D eigenvalue weighted by molar-refractivity contribution is 0.112. The molecule has 0 saturated carbocycles. The molecule has 0 unspecified atom stereocenters. The van der Waals surface area contributed by atoms with Crippen molar-refractivity contribution in [2.45, 2.75) is 0 Å². The number of carbonyl (C=O) groups is 1. The summed E-state index contributed by atoms with van der Waals surface area (Å²) in [6, 6.07) is 27.0. The van der Waals surface area contributed by atoms with Crippen LogP contribution in [-0.4, -0.2) is 6.29 Å². The molecule has 4 rings (SSSR count). The Bertz CT molecular complexity index is 981. The van der Waals surface area contributed by atoms with Crippen molar-refractivity contribution in [3.05, 3.63) is 84.4 Å². The lowest BCUT2D eigenvalue weighted by atomic mass is 9.95. The highest BCUT2D eigenvalue weighted by Gasteiger charge is 2.05. The first kappa shape index (κ1) is 12.8. The smallest absolute Gasteiger partial charge is 0.150 e. The van der Waals surface area contributed by atoms with Gasteiger partial charge in [0.25, 0.3) is 0 Å². The van der Waals surface area contributed by atoms with Crippen molar-refractivity contribution in [3.63, 3.8) is 0 Å². The van der Waals surface area contributed by atoms with Crippen LogP contribution in [0.15, 0.2) is 78.9 Å². The normalized spacial score (nSPS) is 10.9. The summed E-state index contributed by atoms with van der Waals surface area (Å²) in [6.07, 6.45) is 0.875. The van der Waals surface area contributed by atoms with Gasteiger partial charge >= 0.3 is 0 Å². The van der Waals surface area contributed by atoms with E-state index in [2.05, 4.69) is 54.6 Å². The van der Waals surface area contributed by atoms with Gasteiger partial charge in [-0.3, -0.25) is 4.79 Å². The zero-order valence-electron chi connectivity index (χ0n) is 12.0. The third-order valence-electron chi connectivity index (χ3n) is 4.10. The summed E-state index contributed by atoms with van der Waals surface area (Å²) in [4.78, 5) is 10.8. The predicted molar refractivity (Wildman–Crippen MR) is 92.3 cm³/mol. The maximum atomic E-state index is 10.8. The van der Waals surface area contributed by atoms with Gasteiger partial charge in [-0.25, -0.2) is 0 Å². The zero-order valence-corrected chi connectivity index (χ0v) is 12.0. The van der Waals surface area contributed by atoms with Gasteiger partial charge in [-0.05, 0) is 44.8 Å². The van der Waals surface area contributed by atoms with Crippen LogP contribution >= 0.6 is 0 Å². The summed E-state index contributed by atoms with van der Waals surface area (Å²) in [5.74, 6) is 0. The largest absolute Gasteiger partial charge is 0.298 e. The molecule has 0 bridgehead atoms. The molecule has 0 aliphatic carbocycles. The Hall–Kier alpha value is -2.93. The van der Waals surface area contributed by atoms with Crippen molar-refractivity contribution in [1.82, 2.24) is 0 Å². The molecular weight excluding hydrogens is 268 g/mol. The van der Waals surface area contributed by atoms with E-state index in [1.807, 2.05) is 24.3 Å². The Morgan fingerprint density at radius 2 is 1.32 bits per heavy atom. The molecule has 0 atom stereocenters. The van der Waals surface area contributed by atoms with Crippen LogP contribution in [0.4, 0.5) is 0 Å². The summed E-state index contributed by atoms with van der Waals surface area (Å²) < 4.78 is 0. The predicted octanol–water partition coefficient (Wildman–Crippen LogP) is 5.47. The lowest BCUT2D eigenvalue weighted by Crippen LogP contribution is -1.84. The second-order valence-corrected chi connectivity index (χ2v) is 5.47. The Morgan fingerprint density at radius 1 is 0.636 bits per heavy atom. The number of carbonyl (C=O) groups excluding carboxylic acids is 1. The molecule has 22 heavy (non-hydrogen) atoms. The first-order chi connectivity index (χ1) is 10.8. The summed E-state index contributed by atoms with van der Waals surface area (Å²) in [7, 11) is 0. The van der Waals surface area contributed by atoms with Crippen LogP contribution in [-0.2, 0) is 0 Å². The number of hydrogen-bond donors (Lipinski definition) is 0. The van der Waals surface area contributed by atoms with E-state index in [0.29, 0.717) is 5.56 Å². The molecule has 0 saturated heterocycles. The summed E-state index contributed by atoms with van der Waals surface area (Å²) in [5, 5.41) is 4.96. The van der Waals surface area contributed by atoms with Gasteiger partial charge in [0, 0.05) is 5.56 Å². The van der Waals surface area contributed by atoms with E-state index >= 15 is 0 Å². The van der Waals surface area contributed by atoms with Crippen LogP contribution in [0.3, 0.4) is 0 Å². The highest BCUT2D eigenvalue weighted by Crippen LogP contribution is 2.31. The second-order valence-electron chi connectivity index (χ2n) is 5.47. The molecule has 0 aromatic heterocycles. The average Bonchev–Trinajstić information content (AvgIpc) is 2.59. The van der Waals surface area contributed by atoms with Gasteiger partial charge in [-0.15, -0.1) is 0 Å². The van der Waals surface area contributed by atoms with Crippen LogP contribution in [0.1, 0.15) is 10.4 Å². The Kier molecular flexibility index (Phi) is 2.97. The van der Waals surface area contributed by atoms with Crippen LogP contribution < -0.4 is 0 Å². The van der Waals surface area contributed by atoms with Gasteiger partial charge in [-0.2, -0.15) is 0 Å². The molecule has 1 heteroatoms. The second kappa shape index (κ2) is 5.12. The lowest BCUT2D eigenvalue weighted by Gasteiger charge is -2.09. The van der Waals surface area contributed by atoms with E-state index < -0.39 is 0 Å². The summed E-state index contributed by atoms with van der Waals surface area (Å²) in [6.45, 7) is 0. The highest BCUT2D eigenvalue weighted by atomic mass is 16.1. The van der Waals surface area contributed by atoms with Crippen molar-refractivity contribution in [1.29, 1.82) is 0 Å². The maximum absolute atomic E-state index is 10.8. The molecule has 1 nitrogen and oxygen atoms in total. The highest BCUT2D eigenvalue weighted by molar-refractivity contribution is 6.05. The molecule has 4 aromatic carbocycles. The van der Waals surface area contributed by atoms with E-state index in [-0.39, 0.29) is 0 Å². The number of benzene rings is 4. The Labute approximate surface area is 128 Å². The molecule has 0 spiro atoms. The Morgan fingerprint density at radius 3 is 2.05 bits per heavy atom. The minimum absolute atomic E-state index is 0.703. The first-order valence-corrected chi connectivity index (χ1v) is 7.32. The minimum atomic E-state index is 0.703. The zero-order chi connectivity index (χ0) is 14.9. The molecule has 0 radical (unpaired) electrons. The van der Waals surface area contributed by atoms with E-state index in [4.69, 9.17) is 0 Å². The molecule has 0 fully saturated rings. The standard InChI is InChI=1S/C21H14O/c22-14-15-8-10-16(11-9-15)20-7-3-6-19-12-17-4-1-2-5-18(17)13-21(19)20/h1-14H. The molecule has 4 aromatic rings. The fraction of sp³-hybridized carbons (Fsp3) is 0. The van der Waals surface area contributed by atoms with Gasteiger partial charge < -0.3 is 0 Å². The molecule has 0 heterocycles. The van der Waals surface area contributed by atoms with Gasteiger partial charge in [0.1, 0.15) is 6.29 Å². The van der Waals surface area contributed by atoms with Gasteiger partial charge in [0.05, 0.1) is 0 Å². The van der Waals surface area contributed by atoms with Crippen molar-refractivity contribution in [2.24, 2.45) is 0 Å². The number of rotatable bonds is 2. The van der Waals surface area contributed by atoms with E-state index in [9.17, 15) is 4.79 Å². The molecule has 0 amide bonds. The third kappa shape index (κ3) is 2.08. The first-order valence-electron chi connectivity index (χ1n) is 7.32. The fourth-order valence-electron chi connectivity index (χ4n) is 2.96. The van der Waals surface area contributed by atoms with Crippen LogP contribution in [0.25, 0.3) is 32.7 Å². The SMILES string of the molecule is O=Cc1ccc(-c2cccc3cc4ccccc4cc23)cc1. The van der Waals surface area contributed by atoms with Crippen molar-refractivity contribution < 1.29 is 4.79 Å². The van der Waals surface area contributed by atoms with E-state index in [1.54, 1.807) is 0 Å². The topological polar surface area (TPSA) is 17.1 Å². The van der Waals surface area contributed by atoms with Crippen LogP contribution in [0, 0.1) is 0 Å². The van der Waals surface area contributed by atoms with Crippen molar-refractivity contribution >= 4 is 27.8 Å². The number of aldehydes is 1. The van der Waals surface area contributed by atoms with Crippen molar-refractivity contribution in [2.75, 3.05) is 0 Å². The molecule has 0 aliphatic heterocycles. The number of hydrogen-bond acceptors (Lipinski definition) is 1. The fourth-order valence-corrected chi connectivity index (χ4v) is 2.96. The van der Waals surface area contributed by atoms with Crippen molar-refractivity contribution in [3.8, 4) is 11.1 Å². The van der Waals surface area contributed by atoms with Gasteiger partial charge in [-0.1, -0.05) is 66.7 Å². The summed E-state index contributed by atoms with van der Waals surface area (Å²) in [5.41, 5.74) is 3.03. The van der Waals surface area contributed by atoms with Crippen LogP contribution in [0.5, 0.6) is 0 Å². The monoisotopic (exact) mass is 282 g/mol. The van der Waals surface area contributed by atoms with Gasteiger partial charge in [0.15, 0.2) is 0 Å². The van der Waals surface area contributed by atoms with E-state index in [0.717, 1.165) is 11.8 Å². The average molecular weight is 282 g/mol. The number of fused-ring (bicyclic) bond motifs is 2. The molecule has 0 aliphatic rings. The third-order valence-corrected chi connectivity index (χ3v) is 4.10. The molecule has 104 valence electrons. The summed E-state index contributed by atoms with van der Waals surface area (Å²) >= 11 is 0.